The lowest BCUT2D eigenvalue weighted by atomic mass is 9.74. The summed E-state index contributed by atoms with van der Waals surface area (Å²) in [6.45, 7) is 7.01. The molecular weight excluding hydrogens is 400 g/mol. The minimum absolute atomic E-state index is 0.141. The van der Waals surface area contributed by atoms with Crippen molar-refractivity contribution in [3.05, 3.63) is 47.5 Å². The number of rotatable bonds is 9. The van der Waals surface area contributed by atoms with Gasteiger partial charge in [0.15, 0.2) is 0 Å². The third-order valence-corrected chi connectivity index (χ3v) is 8.26. The molecular formula is C24H33ClN2OS. The van der Waals surface area contributed by atoms with E-state index in [2.05, 4.69) is 41.9 Å². The van der Waals surface area contributed by atoms with Gasteiger partial charge in [-0.1, -0.05) is 48.7 Å². The van der Waals surface area contributed by atoms with Crippen LogP contribution >= 0.6 is 23.5 Å². The van der Waals surface area contributed by atoms with Gasteiger partial charge in [-0.25, -0.2) is 0 Å². The Morgan fingerprint density at radius 2 is 1.97 bits per heavy atom. The fourth-order valence-corrected chi connectivity index (χ4v) is 5.96. The summed E-state index contributed by atoms with van der Waals surface area (Å²) in [6.07, 6.45) is 9.71. The minimum atomic E-state index is -0.333. The van der Waals surface area contributed by atoms with Crippen molar-refractivity contribution in [2.24, 2.45) is 11.3 Å². The largest absolute Gasteiger partial charge is 0.331 e. The second-order valence-electron chi connectivity index (χ2n) is 9.39. The zero-order valence-corrected chi connectivity index (χ0v) is 19.2. The SMILES string of the molecule is C=CC[C@@]1(C)CC[C@@H](c2ccc(Cl)cc2)N(C(CN(C)SC2CC2)C2CC2)C1=O. The maximum absolute atomic E-state index is 13.9. The Balaban J connectivity index is 1.63. The second kappa shape index (κ2) is 8.64. The number of piperidine rings is 1. The summed E-state index contributed by atoms with van der Waals surface area (Å²) < 4.78 is 2.40. The first-order chi connectivity index (χ1) is 13.9. The molecule has 0 spiro atoms. The van der Waals surface area contributed by atoms with E-state index in [9.17, 15) is 4.79 Å². The topological polar surface area (TPSA) is 23.6 Å². The van der Waals surface area contributed by atoms with Crippen molar-refractivity contribution in [2.45, 2.75) is 69.2 Å². The second-order valence-corrected chi connectivity index (χ2v) is 11.3. The molecule has 2 aliphatic carbocycles. The molecule has 1 aromatic rings. The number of nitrogens with zero attached hydrogens (tertiary/aromatic N) is 2. The van der Waals surface area contributed by atoms with Gasteiger partial charge in [0.25, 0.3) is 0 Å². The van der Waals surface area contributed by atoms with Gasteiger partial charge in [0.1, 0.15) is 0 Å². The number of benzene rings is 1. The van der Waals surface area contributed by atoms with Gasteiger partial charge in [-0.05, 0) is 75.6 Å². The van der Waals surface area contributed by atoms with E-state index < -0.39 is 0 Å². The molecule has 0 aromatic heterocycles. The molecule has 1 saturated heterocycles. The van der Waals surface area contributed by atoms with Crippen LogP contribution in [0.3, 0.4) is 0 Å². The van der Waals surface area contributed by atoms with Crippen molar-refractivity contribution in [1.29, 1.82) is 0 Å². The summed E-state index contributed by atoms with van der Waals surface area (Å²) in [6, 6.07) is 8.55. The molecule has 1 amide bonds. The van der Waals surface area contributed by atoms with Gasteiger partial charge in [0.05, 0.1) is 11.5 Å². The Morgan fingerprint density at radius 3 is 2.55 bits per heavy atom. The molecule has 1 aromatic carbocycles. The van der Waals surface area contributed by atoms with Gasteiger partial charge in [0, 0.05) is 22.9 Å². The van der Waals surface area contributed by atoms with E-state index in [0.717, 1.165) is 36.1 Å². The highest BCUT2D eigenvalue weighted by atomic mass is 35.5. The summed E-state index contributed by atoms with van der Waals surface area (Å²) in [5, 5.41) is 1.54. The molecule has 29 heavy (non-hydrogen) atoms. The fraction of sp³-hybridized carbons (Fsp3) is 0.625. The number of likely N-dealkylation sites (tertiary alicyclic amines) is 1. The lowest BCUT2D eigenvalue weighted by molar-refractivity contribution is -0.153. The predicted molar refractivity (Wildman–Crippen MR) is 123 cm³/mol. The van der Waals surface area contributed by atoms with E-state index in [-0.39, 0.29) is 17.5 Å². The van der Waals surface area contributed by atoms with Crippen LogP contribution in [0.5, 0.6) is 0 Å². The van der Waals surface area contributed by atoms with E-state index in [1.807, 2.05) is 30.2 Å². The monoisotopic (exact) mass is 432 g/mol. The van der Waals surface area contributed by atoms with Crippen molar-refractivity contribution >= 4 is 29.5 Å². The average molecular weight is 433 g/mol. The lowest BCUT2D eigenvalue weighted by Gasteiger charge is -2.49. The van der Waals surface area contributed by atoms with E-state index in [1.54, 1.807) is 0 Å². The van der Waals surface area contributed by atoms with Gasteiger partial charge < -0.3 is 4.90 Å². The first kappa shape index (κ1) is 21.3. The molecule has 3 nitrogen and oxygen atoms in total. The molecule has 0 radical (unpaired) electrons. The molecule has 4 rings (SSSR count). The smallest absolute Gasteiger partial charge is 0.229 e. The average Bonchev–Trinajstić information content (AvgIpc) is 3.58. The molecule has 3 atom stereocenters. The number of halogens is 1. The summed E-state index contributed by atoms with van der Waals surface area (Å²) in [5.74, 6) is 0.937. The lowest BCUT2D eigenvalue weighted by Crippen LogP contribution is -2.56. The normalized spacial score (nSPS) is 28.6. The molecule has 3 aliphatic rings. The molecule has 5 heteroatoms. The number of carbonyl (C=O) groups is 1. The number of allylic oxidation sites excluding steroid dienone is 1. The molecule has 1 heterocycles. The Kier molecular flexibility index (Phi) is 6.34. The Labute approximate surface area is 185 Å². The van der Waals surface area contributed by atoms with E-state index in [4.69, 9.17) is 11.6 Å². The summed E-state index contributed by atoms with van der Waals surface area (Å²) in [7, 11) is 2.20. The molecule has 3 fully saturated rings. The summed E-state index contributed by atoms with van der Waals surface area (Å²) in [5.41, 5.74) is 0.881. The van der Waals surface area contributed by atoms with Crippen molar-refractivity contribution in [3.8, 4) is 0 Å². The van der Waals surface area contributed by atoms with Crippen molar-refractivity contribution in [2.75, 3.05) is 13.6 Å². The van der Waals surface area contributed by atoms with Crippen LogP contribution in [0, 0.1) is 11.3 Å². The van der Waals surface area contributed by atoms with Crippen LogP contribution in [0.15, 0.2) is 36.9 Å². The number of hydrogen-bond donors (Lipinski definition) is 0. The van der Waals surface area contributed by atoms with Crippen LogP contribution in [0.1, 0.15) is 63.5 Å². The minimum Gasteiger partial charge on any atom is -0.331 e. The highest BCUT2D eigenvalue weighted by molar-refractivity contribution is 7.97. The summed E-state index contributed by atoms with van der Waals surface area (Å²) in [4.78, 5) is 16.2. The summed E-state index contributed by atoms with van der Waals surface area (Å²) >= 11 is 8.12. The molecule has 1 unspecified atom stereocenters. The number of hydrogen-bond acceptors (Lipinski definition) is 3. The van der Waals surface area contributed by atoms with Gasteiger partial charge in [-0.2, -0.15) is 0 Å². The first-order valence-corrected chi connectivity index (χ1v) is 12.2. The number of likely N-dealkylation sites (N-methyl/N-ethyl adjacent to an activating group) is 1. The van der Waals surface area contributed by atoms with Crippen LogP contribution in [0.2, 0.25) is 5.02 Å². The first-order valence-electron chi connectivity index (χ1n) is 11.0. The van der Waals surface area contributed by atoms with Gasteiger partial charge >= 0.3 is 0 Å². The van der Waals surface area contributed by atoms with Crippen LogP contribution in [0.4, 0.5) is 0 Å². The van der Waals surface area contributed by atoms with E-state index in [0.29, 0.717) is 11.8 Å². The Morgan fingerprint density at radius 1 is 1.28 bits per heavy atom. The maximum Gasteiger partial charge on any atom is 0.229 e. The highest BCUT2D eigenvalue weighted by Crippen LogP contribution is 2.48. The molecule has 2 saturated carbocycles. The zero-order chi connectivity index (χ0) is 20.6. The van der Waals surface area contributed by atoms with E-state index in [1.165, 1.54) is 31.2 Å². The van der Waals surface area contributed by atoms with Crippen LogP contribution < -0.4 is 0 Å². The number of carbonyl (C=O) groups excluding carboxylic acids is 1. The van der Waals surface area contributed by atoms with Crippen molar-refractivity contribution in [3.63, 3.8) is 0 Å². The van der Waals surface area contributed by atoms with Crippen LogP contribution in [-0.2, 0) is 4.79 Å². The predicted octanol–water partition coefficient (Wildman–Crippen LogP) is 6.11. The Bertz CT molecular complexity index is 746. The van der Waals surface area contributed by atoms with Gasteiger partial charge in [0.2, 0.25) is 5.91 Å². The number of amides is 1. The quantitative estimate of drug-likeness (QED) is 0.347. The molecule has 0 N–H and O–H groups in total. The third-order valence-electron chi connectivity index (χ3n) is 6.73. The van der Waals surface area contributed by atoms with Crippen LogP contribution in [-0.4, -0.2) is 40.0 Å². The van der Waals surface area contributed by atoms with Crippen molar-refractivity contribution < 1.29 is 4.79 Å². The fourth-order valence-electron chi connectivity index (χ4n) is 4.74. The zero-order valence-electron chi connectivity index (χ0n) is 17.6. The van der Waals surface area contributed by atoms with Crippen molar-refractivity contribution in [1.82, 2.24) is 9.21 Å². The Hall–Kier alpha value is -0.970. The highest BCUT2D eigenvalue weighted by Gasteiger charge is 2.49. The molecule has 0 bridgehead atoms. The van der Waals surface area contributed by atoms with Gasteiger partial charge in [-0.15, -0.1) is 6.58 Å². The van der Waals surface area contributed by atoms with Gasteiger partial charge in [-0.3, -0.25) is 9.10 Å². The standard InChI is InChI=1S/C24H33ClN2OS/c1-4-14-24(2)15-13-21(17-7-9-19(25)10-8-17)27(23(24)28)22(18-5-6-18)16-26(3)29-20-11-12-20/h4,7-10,18,20-22H,1,5-6,11-16H2,2-3H3/t21-,22?,24-/m0/s1. The molecule has 158 valence electrons. The third kappa shape index (κ3) is 4.86. The molecule has 1 aliphatic heterocycles. The maximum atomic E-state index is 13.9. The van der Waals surface area contributed by atoms with Crippen LogP contribution in [0.25, 0.3) is 0 Å². The van der Waals surface area contributed by atoms with E-state index >= 15 is 0 Å².